The Morgan fingerprint density at radius 1 is 1.29 bits per heavy atom. The molecule has 1 aromatic rings. The standard InChI is InChI=1S/C17H19F2NO/c1-10(14-9-13(18)5-6-16(14)19)20(2)17(21)15-8-11-3-4-12(15)7-11/h3-6,9-12,15H,7-8H2,1-2H3/t10-,11+,12+,15+/m1/s1. The molecule has 112 valence electrons. The zero-order valence-corrected chi connectivity index (χ0v) is 12.2. The van der Waals surface area contributed by atoms with Crippen molar-refractivity contribution in [1.29, 1.82) is 0 Å². The molecule has 0 aliphatic heterocycles. The number of hydrogen-bond acceptors (Lipinski definition) is 1. The monoisotopic (exact) mass is 291 g/mol. The molecule has 3 rings (SSSR count). The predicted molar refractivity (Wildman–Crippen MR) is 76.4 cm³/mol. The molecule has 2 aliphatic rings. The highest BCUT2D eigenvalue weighted by Crippen LogP contribution is 2.44. The molecule has 1 amide bonds. The SMILES string of the molecule is C[C@H](c1cc(F)ccc1F)N(C)C(=O)[C@H]1C[C@H]2C=C[C@H]1C2. The number of benzene rings is 1. The molecule has 0 radical (unpaired) electrons. The van der Waals surface area contributed by atoms with Gasteiger partial charge in [-0.1, -0.05) is 12.2 Å². The smallest absolute Gasteiger partial charge is 0.226 e. The zero-order chi connectivity index (χ0) is 15.1. The third-order valence-electron chi connectivity index (χ3n) is 4.93. The topological polar surface area (TPSA) is 20.3 Å². The van der Waals surface area contributed by atoms with E-state index in [1.165, 1.54) is 6.07 Å². The van der Waals surface area contributed by atoms with Crippen LogP contribution in [-0.2, 0) is 4.79 Å². The number of nitrogens with zero attached hydrogens (tertiary/aromatic N) is 1. The fourth-order valence-corrected chi connectivity index (χ4v) is 3.56. The van der Waals surface area contributed by atoms with Crippen molar-refractivity contribution in [2.45, 2.75) is 25.8 Å². The maximum absolute atomic E-state index is 13.9. The van der Waals surface area contributed by atoms with Gasteiger partial charge in [0.25, 0.3) is 0 Å². The molecule has 4 atom stereocenters. The summed E-state index contributed by atoms with van der Waals surface area (Å²) in [7, 11) is 1.67. The maximum Gasteiger partial charge on any atom is 0.226 e. The summed E-state index contributed by atoms with van der Waals surface area (Å²) in [5.74, 6) is -0.113. The van der Waals surface area contributed by atoms with Crippen molar-refractivity contribution in [1.82, 2.24) is 4.90 Å². The maximum atomic E-state index is 13.9. The number of amides is 1. The average Bonchev–Trinajstić information content (AvgIpc) is 3.10. The zero-order valence-electron chi connectivity index (χ0n) is 12.2. The average molecular weight is 291 g/mol. The Morgan fingerprint density at radius 2 is 2.05 bits per heavy atom. The van der Waals surface area contributed by atoms with Gasteiger partial charge < -0.3 is 4.90 Å². The molecule has 0 aromatic heterocycles. The van der Waals surface area contributed by atoms with Gasteiger partial charge in [0.1, 0.15) is 11.6 Å². The van der Waals surface area contributed by atoms with Gasteiger partial charge in [0.15, 0.2) is 0 Å². The highest BCUT2D eigenvalue weighted by atomic mass is 19.1. The Morgan fingerprint density at radius 3 is 2.67 bits per heavy atom. The van der Waals surface area contributed by atoms with Gasteiger partial charge in [0, 0.05) is 18.5 Å². The number of allylic oxidation sites excluding steroid dienone is 2. The molecular formula is C17H19F2NO. The summed E-state index contributed by atoms with van der Waals surface area (Å²) in [5.41, 5.74) is 0.226. The van der Waals surface area contributed by atoms with Gasteiger partial charge in [0.05, 0.1) is 6.04 Å². The fraction of sp³-hybridized carbons (Fsp3) is 0.471. The van der Waals surface area contributed by atoms with E-state index in [4.69, 9.17) is 0 Å². The van der Waals surface area contributed by atoms with E-state index in [-0.39, 0.29) is 17.4 Å². The Hall–Kier alpha value is -1.71. The van der Waals surface area contributed by atoms with E-state index < -0.39 is 17.7 Å². The van der Waals surface area contributed by atoms with Crippen LogP contribution >= 0.6 is 0 Å². The van der Waals surface area contributed by atoms with E-state index in [1.807, 2.05) is 0 Å². The van der Waals surface area contributed by atoms with Crippen molar-refractivity contribution in [2.75, 3.05) is 7.05 Å². The van der Waals surface area contributed by atoms with Crippen LogP contribution in [0, 0.1) is 29.4 Å². The lowest BCUT2D eigenvalue weighted by atomic mass is 9.91. The molecule has 0 heterocycles. The molecule has 0 unspecified atom stereocenters. The fourth-order valence-electron chi connectivity index (χ4n) is 3.56. The third-order valence-corrected chi connectivity index (χ3v) is 4.93. The van der Waals surface area contributed by atoms with E-state index >= 15 is 0 Å². The second kappa shape index (κ2) is 5.24. The normalized spacial score (nSPS) is 27.9. The van der Waals surface area contributed by atoms with Gasteiger partial charge in [-0.3, -0.25) is 4.79 Å². The lowest BCUT2D eigenvalue weighted by Crippen LogP contribution is -2.36. The van der Waals surface area contributed by atoms with Crippen LogP contribution in [0.4, 0.5) is 8.78 Å². The molecule has 1 aromatic carbocycles. The molecule has 0 spiro atoms. The van der Waals surface area contributed by atoms with E-state index in [9.17, 15) is 13.6 Å². The Bertz CT molecular complexity index is 598. The molecule has 1 fully saturated rings. The van der Waals surface area contributed by atoms with Crippen LogP contribution in [0.1, 0.15) is 31.4 Å². The van der Waals surface area contributed by atoms with Crippen LogP contribution in [0.5, 0.6) is 0 Å². The van der Waals surface area contributed by atoms with Crippen LogP contribution in [0.15, 0.2) is 30.4 Å². The summed E-state index contributed by atoms with van der Waals surface area (Å²) < 4.78 is 27.2. The number of fused-ring (bicyclic) bond motifs is 2. The minimum absolute atomic E-state index is 0.0101. The molecule has 0 N–H and O–H groups in total. The number of carbonyl (C=O) groups is 1. The summed E-state index contributed by atoms with van der Waals surface area (Å²) in [6, 6.07) is 2.90. The van der Waals surface area contributed by atoms with E-state index in [1.54, 1.807) is 18.9 Å². The summed E-state index contributed by atoms with van der Waals surface area (Å²) in [6.45, 7) is 1.73. The van der Waals surface area contributed by atoms with E-state index in [0.717, 1.165) is 25.0 Å². The van der Waals surface area contributed by atoms with Crippen molar-refractivity contribution in [2.24, 2.45) is 17.8 Å². The first kappa shape index (κ1) is 14.2. The number of hydrogen-bond donors (Lipinski definition) is 0. The Kier molecular flexibility index (Phi) is 3.56. The van der Waals surface area contributed by atoms with E-state index in [0.29, 0.717) is 11.8 Å². The third kappa shape index (κ3) is 2.47. The molecule has 2 bridgehead atoms. The Labute approximate surface area is 123 Å². The first-order valence-corrected chi connectivity index (χ1v) is 7.37. The van der Waals surface area contributed by atoms with Crippen LogP contribution in [0.25, 0.3) is 0 Å². The molecule has 0 saturated heterocycles. The van der Waals surface area contributed by atoms with Crippen LogP contribution in [0.3, 0.4) is 0 Å². The molecule has 4 heteroatoms. The van der Waals surface area contributed by atoms with Crippen LogP contribution in [0.2, 0.25) is 0 Å². The minimum atomic E-state index is -0.484. The van der Waals surface area contributed by atoms with Gasteiger partial charge in [0.2, 0.25) is 5.91 Å². The summed E-state index contributed by atoms with van der Waals surface area (Å²) >= 11 is 0. The van der Waals surface area contributed by atoms with Gasteiger partial charge in [-0.25, -0.2) is 8.78 Å². The van der Waals surface area contributed by atoms with Crippen molar-refractivity contribution in [3.05, 3.63) is 47.5 Å². The van der Waals surface area contributed by atoms with Gasteiger partial charge in [-0.05, 0) is 49.8 Å². The number of carbonyl (C=O) groups excluding carboxylic acids is 1. The van der Waals surface area contributed by atoms with Crippen molar-refractivity contribution in [3.8, 4) is 0 Å². The van der Waals surface area contributed by atoms with E-state index in [2.05, 4.69) is 12.2 Å². The predicted octanol–water partition coefficient (Wildman–Crippen LogP) is 3.70. The number of rotatable bonds is 3. The second-order valence-corrected chi connectivity index (χ2v) is 6.18. The van der Waals surface area contributed by atoms with Crippen LogP contribution < -0.4 is 0 Å². The van der Waals surface area contributed by atoms with Crippen molar-refractivity contribution >= 4 is 5.91 Å². The Balaban J connectivity index is 1.78. The molecule has 2 nitrogen and oxygen atoms in total. The van der Waals surface area contributed by atoms with Crippen LogP contribution in [-0.4, -0.2) is 17.9 Å². The highest BCUT2D eigenvalue weighted by molar-refractivity contribution is 5.80. The van der Waals surface area contributed by atoms with Gasteiger partial charge in [-0.15, -0.1) is 0 Å². The largest absolute Gasteiger partial charge is 0.339 e. The minimum Gasteiger partial charge on any atom is -0.339 e. The lowest BCUT2D eigenvalue weighted by Gasteiger charge is -2.30. The molecule has 1 saturated carbocycles. The first-order chi connectivity index (χ1) is 9.97. The molecule has 21 heavy (non-hydrogen) atoms. The number of halogens is 2. The summed E-state index contributed by atoms with van der Waals surface area (Å²) in [6.07, 6.45) is 6.23. The highest BCUT2D eigenvalue weighted by Gasteiger charge is 2.41. The van der Waals surface area contributed by atoms with Gasteiger partial charge >= 0.3 is 0 Å². The van der Waals surface area contributed by atoms with Crippen molar-refractivity contribution < 1.29 is 13.6 Å². The van der Waals surface area contributed by atoms with Gasteiger partial charge in [-0.2, -0.15) is 0 Å². The quantitative estimate of drug-likeness (QED) is 0.778. The molecular weight excluding hydrogens is 272 g/mol. The first-order valence-electron chi connectivity index (χ1n) is 7.37. The molecule has 2 aliphatic carbocycles. The van der Waals surface area contributed by atoms with Crippen molar-refractivity contribution in [3.63, 3.8) is 0 Å². The lowest BCUT2D eigenvalue weighted by molar-refractivity contribution is -0.137. The summed E-state index contributed by atoms with van der Waals surface area (Å²) in [5, 5.41) is 0. The second-order valence-electron chi connectivity index (χ2n) is 6.18. The summed E-state index contributed by atoms with van der Waals surface area (Å²) in [4.78, 5) is 14.2.